The lowest BCUT2D eigenvalue weighted by Gasteiger charge is -2.46. The summed E-state index contributed by atoms with van der Waals surface area (Å²) in [6, 6.07) is -1.44. The molecule has 0 radical (unpaired) electrons. The quantitative estimate of drug-likeness (QED) is 0.174. The van der Waals surface area contributed by atoms with Crippen molar-refractivity contribution in [1.82, 2.24) is 0 Å². The number of nitrogens with two attached hydrogens (primary N) is 1. The number of ether oxygens (including phenoxy) is 4. The maximum Gasteiger partial charge on any atom is 0.322 e. The van der Waals surface area contributed by atoms with Crippen LogP contribution in [0.15, 0.2) is 0 Å². The average molecular weight is 429 g/mol. The van der Waals surface area contributed by atoms with Crippen LogP contribution in [0.5, 0.6) is 0 Å². The van der Waals surface area contributed by atoms with Crippen LogP contribution in [-0.2, 0) is 23.7 Å². The van der Waals surface area contributed by atoms with Crippen molar-refractivity contribution in [2.75, 3.05) is 19.8 Å². The Kier molecular flexibility index (Phi) is 8.65. The predicted octanol–water partition coefficient (Wildman–Crippen LogP) is -5.96. The molecule has 2 fully saturated rings. The van der Waals surface area contributed by atoms with E-state index in [1.807, 2.05) is 0 Å². The second kappa shape index (κ2) is 10.3. The minimum atomic E-state index is -1.80. The van der Waals surface area contributed by atoms with Crippen LogP contribution in [-0.4, -0.2) is 134 Å². The molecule has 14 nitrogen and oxygen atoms in total. The van der Waals surface area contributed by atoms with Crippen LogP contribution in [0.4, 0.5) is 0 Å². The van der Waals surface area contributed by atoms with Crippen LogP contribution >= 0.6 is 0 Å². The first-order valence-electron chi connectivity index (χ1n) is 8.80. The minimum absolute atomic E-state index is 0.571. The number of aliphatic hydroxyl groups excluding tert-OH is 7. The Morgan fingerprint density at radius 1 is 0.862 bits per heavy atom. The number of rotatable bonds is 8. The third-order valence-electron chi connectivity index (χ3n) is 4.72. The topological polar surface area (TPSA) is 242 Å². The highest BCUT2D eigenvalue weighted by molar-refractivity contribution is 5.73. The van der Waals surface area contributed by atoms with Gasteiger partial charge in [-0.25, -0.2) is 0 Å². The Balaban J connectivity index is 2.12. The molecule has 170 valence electrons. The summed E-state index contributed by atoms with van der Waals surface area (Å²) >= 11 is 0. The largest absolute Gasteiger partial charge is 0.480 e. The molecule has 0 aromatic carbocycles. The van der Waals surface area contributed by atoms with Gasteiger partial charge in [0.25, 0.3) is 0 Å². The molecule has 0 saturated carbocycles. The summed E-state index contributed by atoms with van der Waals surface area (Å²) in [6.45, 7) is -2.02. The molecular formula is C15H27NO13. The maximum atomic E-state index is 10.8. The number of carboxylic acids is 1. The average Bonchev–Trinajstić information content (AvgIpc) is 2.70. The Labute approximate surface area is 164 Å². The van der Waals surface area contributed by atoms with Gasteiger partial charge < -0.3 is 65.5 Å². The summed E-state index contributed by atoms with van der Waals surface area (Å²) in [7, 11) is 0. The van der Waals surface area contributed by atoms with Crippen LogP contribution in [0.1, 0.15) is 0 Å². The SMILES string of the molecule is NC(CO[C@@H]1OC(CO)[C@H](O)[C@H](O[C@H]2OC(CO)[C@H](O)C(O)C2O)C1O)C(=O)O. The van der Waals surface area contributed by atoms with Gasteiger partial charge in [-0.15, -0.1) is 0 Å². The van der Waals surface area contributed by atoms with E-state index in [4.69, 9.17) is 29.8 Å². The number of hydrogen-bond acceptors (Lipinski definition) is 13. The van der Waals surface area contributed by atoms with Gasteiger partial charge in [-0.1, -0.05) is 0 Å². The molecule has 0 amide bonds. The van der Waals surface area contributed by atoms with E-state index in [-0.39, 0.29) is 0 Å². The number of aliphatic hydroxyl groups is 7. The van der Waals surface area contributed by atoms with Crippen molar-refractivity contribution in [3.63, 3.8) is 0 Å². The Morgan fingerprint density at radius 3 is 1.97 bits per heavy atom. The van der Waals surface area contributed by atoms with E-state index in [0.29, 0.717) is 0 Å². The lowest BCUT2D eigenvalue weighted by Crippen LogP contribution is -2.65. The predicted molar refractivity (Wildman–Crippen MR) is 88.0 cm³/mol. The van der Waals surface area contributed by atoms with E-state index >= 15 is 0 Å². The molecule has 2 rings (SSSR count). The molecular weight excluding hydrogens is 402 g/mol. The fourth-order valence-electron chi connectivity index (χ4n) is 2.96. The molecule has 0 aromatic heterocycles. The molecule has 2 aliphatic heterocycles. The maximum absolute atomic E-state index is 10.8. The van der Waals surface area contributed by atoms with E-state index in [0.717, 1.165) is 0 Å². The van der Waals surface area contributed by atoms with Crippen LogP contribution < -0.4 is 5.73 Å². The van der Waals surface area contributed by atoms with E-state index in [1.165, 1.54) is 0 Å². The second-order valence-electron chi connectivity index (χ2n) is 6.78. The zero-order chi connectivity index (χ0) is 21.9. The zero-order valence-corrected chi connectivity index (χ0v) is 15.2. The van der Waals surface area contributed by atoms with E-state index < -0.39 is 93.2 Å². The highest BCUT2D eigenvalue weighted by atomic mass is 16.7. The van der Waals surface area contributed by atoms with Gasteiger partial charge in [0, 0.05) is 0 Å². The van der Waals surface area contributed by atoms with Crippen molar-refractivity contribution >= 4 is 5.97 Å². The summed E-state index contributed by atoms with van der Waals surface area (Å²) in [5.74, 6) is -1.37. The van der Waals surface area contributed by atoms with Crippen molar-refractivity contribution < 1.29 is 64.6 Å². The van der Waals surface area contributed by atoms with Crippen molar-refractivity contribution in [2.45, 2.75) is 67.5 Å². The third kappa shape index (κ3) is 5.38. The van der Waals surface area contributed by atoms with Crippen LogP contribution in [0, 0.1) is 0 Å². The van der Waals surface area contributed by atoms with Crippen molar-refractivity contribution in [1.29, 1.82) is 0 Å². The fraction of sp³-hybridized carbons (Fsp3) is 0.933. The molecule has 0 aromatic rings. The molecule has 0 aliphatic carbocycles. The van der Waals surface area contributed by atoms with Gasteiger partial charge in [-0.3, -0.25) is 4.79 Å². The van der Waals surface area contributed by atoms with E-state index in [1.54, 1.807) is 0 Å². The first-order chi connectivity index (χ1) is 13.6. The van der Waals surface area contributed by atoms with Gasteiger partial charge in [0.2, 0.25) is 0 Å². The van der Waals surface area contributed by atoms with Gasteiger partial charge in [0.1, 0.15) is 54.9 Å². The fourth-order valence-corrected chi connectivity index (χ4v) is 2.96. The van der Waals surface area contributed by atoms with Crippen molar-refractivity contribution in [3.05, 3.63) is 0 Å². The summed E-state index contributed by atoms with van der Waals surface area (Å²) in [5, 5.41) is 77.8. The zero-order valence-electron chi connectivity index (χ0n) is 15.2. The number of carboxylic acid groups (broad SMARTS) is 1. The number of aliphatic carboxylic acids is 1. The molecule has 2 heterocycles. The molecule has 6 unspecified atom stereocenters. The first kappa shape index (κ1) is 24.3. The molecule has 10 N–H and O–H groups in total. The highest BCUT2D eigenvalue weighted by Gasteiger charge is 2.50. The number of hydrogen-bond donors (Lipinski definition) is 9. The molecule has 0 spiro atoms. The van der Waals surface area contributed by atoms with E-state index in [2.05, 4.69) is 0 Å². The molecule has 0 bridgehead atoms. The summed E-state index contributed by atoms with van der Waals surface area (Å²) in [4.78, 5) is 10.8. The van der Waals surface area contributed by atoms with Gasteiger partial charge >= 0.3 is 5.97 Å². The Hall–Kier alpha value is -1.01. The molecule has 29 heavy (non-hydrogen) atoms. The molecule has 14 heteroatoms. The van der Waals surface area contributed by atoms with Crippen LogP contribution in [0.2, 0.25) is 0 Å². The normalized spacial score (nSPS) is 44.4. The first-order valence-corrected chi connectivity index (χ1v) is 8.80. The standard InChI is InChI=1S/C15H27NO13/c16-4(13(24)25)3-26-14-11(23)12(8(20)6(2-18)27-14)29-15-10(22)9(21)7(19)5(1-17)28-15/h4-12,14-15,17-23H,1-3,16H2,(H,24,25)/t4?,5?,6?,7-,8-,9?,10?,11?,12-,14+,15+/m0/s1. The van der Waals surface area contributed by atoms with Crippen LogP contribution in [0.3, 0.4) is 0 Å². The van der Waals surface area contributed by atoms with Gasteiger partial charge in [-0.2, -0.15) is 0 Å². The molecule has 11 atom stereocenters. The minimum Gasteiger partial charge on any atom is -0.480 e. The van der Waals surface area contributed by atoms with Crippen molar-refractivity contribution in [3.8, 4) is 0 Å². The molecule has 2 aliphatic rings. The van der Waals surface area contributed by atoms with Gasteiger partial charge in [0.05, 0.1) is 19.8 Å². The lowest BCUT2D eigenvalue weighted by atomic mass is 9.97. The molecule has 2 saturated heterocycles. The lowest BCUT2D eigenvalue weighted by molar-refractivity contribution is -0.360. The monoisotopic (exact) mass is 429 g/mol. The summed E-state index contributed by atoms with van der Waals surface area (Å²) in [5.41, 5.74) is 5.31. The Bertz CT molecular complexity index is 536. The number of carbonyl (C=O) groups is 1. The smallest absolute Gasteiger partial charge is 0.322 e. The summed E-state index contributed by atoms with van der Waals surface area (Å²) in [6.07, 6.45) is -16.0. The van der Waals surface area contributed by atoms with Crippen LogP contribution in [0.25, 0.3) is 0 Å². The highest BCUT2D eigenvalue weighted by Crippen LogP contribution is 2.29. The second-order valence-corrected chi connectivity index (χ2v) is 6.78. The van der Waals surface area contributed by atoms with Gasteiger partial charge in [-0.05, 0) is 0 Å². The van der Waals surface area contributed by atoms with Crippen molar-refractivity contribution in [2.24, 2.45) is 5.73 Å². The summed E-state index contributed by atoms with van der Waals surface area (Å²) < 4.78 is 20.8. The van der Waals surface area contributed by atoms with Gasteiger partial charge in [0.15, 0.2) is 12.6 Å². The Morgan fingerprint density at radius 2 is 1.41 bits per heavy atom. The third-order valence-corrected chi connectivity index (χ3v) is 4.72. The van der Waals surface area contributed by atoms with E-state index in [9.17, 15) is 40.5 Å².